The van der Waals surface area contributed by atoms with Crippen molar-refractivity contribution in [2.45, 2.75) is 32.2 Å². The lowest BCUT2D eigenvalue weighted by atomic mass is 10.1. The lowest BCUT2D eigenvalue weighted by Gasteiger charge is -2.24. The molecule has 0 saturated carbocycles. The number of aryl methyl sites for hydroxylation is 1. The molecule has 2 aromatic rings. The van der Waals surface area contributed by atoms with Crippen molar-refractivity contribution in [3.63, 3.8) is 0 Å². The smallest absolute Gasteiger partial charge is 0.252 e. The number of methoxy groups -OCH3 is 1. The Hall–Kier alpha value is -2.96. The summed E-state index contributed by atoms with van der Waals surface area (Å²) in [5.41, 5.74) is 7.09. The lowest BCUT2D eigenvalue weighted by Crippen LogP contribution is -2.33. The van der Waals surface area contributed by atoms with E-state index in [9.17, 15) is 9.59 Å². The first-order valence-electron chi connectivity index (χ1n) is 8.55. The van der Waals surface area contributed by atoms with Crippen LogP contribution in [0.1, 0.15) is 46.3 Å². The minimum Gasteiger partial charge on any atom is -0.497 e. The van der Waals surface area contributed by atoms with Gasteiger partial charge in [0.25, 0.3) is 5.91 Å². The van der Waals surface area contributed by atoms with E-state index in [1.165, 1.54) is 6.20 Å². The van der Waals surface area contributed by atoms with E-state index in [4.69, 9.17) is 10.5 Å². The summed E-state index contributed by atoms with van der Waals surface area (Å²) in [5.74, 6) is 0.817. The number of rotatable bonds is 5. The number of carbonyl (C=O) groups excluding carboxylic acids is 2. The van der Waals surface area contributed by atoms with Crippen LogP contribution in [0, 0.1) is 6.92 Å². The predicted molar refractivity (Wildman–Crippen MR) is 95.7 cm³/mol. The van der Waals surface area contributed by atoms with E-state index in [2.05, 4.69) is 9.97 Å². The zero-order chi connectivity index (χ0) is 18.7. The van der Waals surface area contributed by atoms with Gasteiger partial charge in [-0.3, -0.25) is 9.59 Å². The maximum absolute atomic E-state index is 12.8. The first-order valence-corrected chi connectivity index (χ1v) is 8.55. The predicted octanol–water partition coefficient (Wildman–Crippen LogP) is 1.80. The lowest BCUT2D eigenvalue weighted by molar-refractivity contribution is -0.131. The van der Waals surface area contributed by atoms with Gasteiger partial charge in [-0.2, -0.15) is 0 Å². The van der Waals surface area contributed by atoms with Crippen molar-refractivity contribution in [2.24, 2.45) is 5.73 Å². The van der Waals surface area contributed by atoms with Crippen LogP contribution in [0.4, 0.5) is 0 Å². The summed E-state index contributed by atoms with van der Waals surface area (Å²) < 4.78 is 5.14. The molecule has 1 aromatic heterocycles. The fourth-order valence-corrected chi connectivity index (χ4v) is 3.24. The van der Waals surface area contributed by atoms with E-state index in [-0.39, 0.29) is 11.9 Å². The van der Waals surface area contributed by atoms with Crippen LogP contribution in [0.2, 0.25) is 0 Å². The Morgan fingerprint density at radius 1 is 1.31 bits per heavy atom. The second-order valence-electron chi connectivity index (χ2n) is 6.36. The average Bonchev–Trinajstić information content (AvgIpc) is 3.12. The summed E-state index contributed by atoms with van der Waals surface area (Å²) in [6.45, 7) is 2.41. The maximum atomic E-state index is 12.8. The van der Waals surface area contributed by atoms with E-state index >= 15 is 0 Å². The Bertz CT molecular complexity index is 820. The van der Waals surface area contributed by atoms with Crippen molar-refractivity contribution < 1.29 is 14.3 Å². The summed E-state index contributed by atoms with van der Waals surface area (Å²) in [5, 5.41) is 0. The molecular weight excluding hydrogens is 332 g/mol. The third kappa shape index (κ3) is 3.66. The van der Waals surface area contributed by atoms with Crippen LogP contribution in [0.15, 0.2) is 30.5 Å². The molecule has 1 atom stereocenters. The third-order valence-electron chi connectivity index (χ3n) is 4.65. The summed E-state index contributed by atoms with van der Waals surface area (Å²) >= 11 is 0. The van der Waals surface area contributed by atoms with E-state index in [0.29, 0.717) is 30.0 Å². The van der Waals surface area contributed by atoms with Gasteiger partial charge in [0.2, 0.25) is 5.91 Å². The largest absolute Gasteiger partial charge is 0.497 e. The van der Waals surface area contributed by atoms with Gasteiger partial charge in [0, 0.05) is 12.7 Å². The number of benzene rings is 1. The number of nitrogens with two attached hydrogens (primary N) is 1. The number of nitrogens with zero attached hydrogens (tertiary/aromatic N) is 3. The maximum Gasteiger partial charge on any atom is 0.252 e. The highest BCUT2D eigenvalue weighted by Crippen LogP contribution is 2.30. The van der Waals surface area contributed by atoms with Gasteiger partial charge in [0.05, 0.1) is 30.8 Å². The molecule has 1 aromatic carbocycles. The summed E-state index contributed by atoms with van der Waals surface area (Å²) in [6.07, 6.45) is 3.48. The molecule has 7 nitrogen and oxygen atoms in total. The van der Waals surface area contributed by atoms with Gasteiger partial charge in [0.1, 0.15) is 5.75 Å². The fraction of sp³-hybridized carbons (Fsp3) is 0.368. The van der Waals surface area contributed by atoms with Gasteiger partial charge in [0.15, 0.2) is 5.82 Å². The van der Waals surface area contributed by atoms with Crippen molar-refractivity contribution in [3.05, 3.63) is 53.1 Å². The van der Waals surface area contributed by atoms with Crippen molar-refractivity contribution in [1.29, 1.82) is 0 Å². The molecule has 26 heavy (non-hydrogen) atoms. The van der Waals surface area contributed by atoms with Crippen molar-refractivity contribution in [1.82, 2.24) is 14.9 Å². The second-order valence-corrected chi connectivity index (χ2v) is 6.36. The molecular formula is C19H22N4O3. The zero-order valence-corrected chi connectivity index (χ0v) is 14.9. The van der Waals surface area contributed by atoms with E-state index in [1.54, 1.807) is 14.0 Å². The number of hydrogen-bond donors (Lipinski definition) is 1. The highest BCUT2D eigenvalue weighted by molar-refractivity contribution is 5.93. The molecule has 1 aliphatic heterocycles. The molecule has 3 rings (SSSR count). The van der Waals surface area contributed by atoms with Gasteiger partial charge >= 0.3 is 0 Å². The highest BCUT2D eigenvalue weighted by atomic mass is 16.5. The van der Waals surface area contributed by atoms with E-state index < -0.39 is 5.91 Å². The molecule has 0 aliphatic carbocycles. The van der Waals surface area contributed by atoms with E-state index in [0.717, 1.165) is 24.2 Å². The van der Waals surface area contributed by atoms with Crippen LogP contribution in [0.3, 0.4) is 0 Å². The van der Waals surface area contributed by atoms with Gasteiger partial charge < -0.3 is 15.4 Å². The Morgan fingerprint density at radius 2 is 2.04 bits per heavy atom. The molecule has 2 heterocycles. The topological polar surface area (TPSA) is 98.4 Å². The number of ether oxygens (including phenoxy) is 1. The second kappa shape index (κ2) is 7.51. The number of aromatic nitrogens is 2. The van der Waals surface area contributed by atoms with Crippen molar-refractivity contribution >= 4 is 11.8 Å². The molecule has 2 amide bonds. The van der Waals surface area contributed by atoms with E-state index in [1.807, 2.05) is 29.2 Å². The molecule has 0 bridgehead atoms. The number of primary amides is 1. The highest BCUT2D eigenvalue weighted by Gasteiger charge is 2.32. The quantitative estimate of drug-likeness (QED) is 0.883. The van der Waals surface area contributed by atoms with Crippen LogP contribution in [-0.4, -0.2) is 40.3 Å². The minimum atomic E-state index is -0.548. The summed E-state index contributed by atoms with van der Waals surface area (Å²) in [7, 11) is 1.61. The Balaban J connectivity index is 1.75. The number of hydrogen-bond acceptors (Lipinski definition) is 5. The number of amides is 2. The Labute approximate surface area is 152 Å². The van der Waals surface area contributed by atoms with Gasteiger partial charge in [-0.15, -0.1) is 0 Å². The molecule has 1 saturated heterocycles. The Kier molecular flexibility index (Phi) is 5.16. The number of likely N-dealkylation sites (tertiary alicyclic amines) is 1. The monoisotopic (exact) mass is 354 g/mol. The van der Waals surface area contributed by atoms with Crippen LogP contribution in [0.5, 0.6) is 5.75 Å². The third-order valence-corrected chi connectivity index (χ3v) is 4.65. The summed E-state index contributed by atoms with van der Waals surface area (Å²) in [6, 6.07) is 7.31. The fourth-order valence-electron chi connectivity index (χ4n) is 3.24. The molecule has 1 aliphatic rings. The first-order chi connectivity index (χ1) is 12.5. The Morgan fingerprint density at radius 3 is 2.65 bits per heavy atom. The molecule has 1 fully saturated rings. The SMILES string of the molecule is COc1ccc(CC(=O)N2CCCC2c2ncc(C(N)=O)c(C)n2)cc1. The standard InChI is InChI=1S/C19H22N4O3/c1-12-15(18(20)25)11-21-19(22-12)16-4-3-9-23(16)17(24)10-13-5-7-14(26-2)8-6-13/h5-8,11,16H,3-4,9-10H2,1-2H3,(H2,20,25). The molecule has 0 radical (unpaired) electrons. The normalized spacial score (nSPS) is 16.5. The molecule has 7 heteroatoms. The summed E-state index contributed by atoms with van der Waals surface area (Å²) in [4.78, 5) is 34.6. The van der Waals surface area contributed by atoms with Crippen molar-refractivity contribution in [3.8, 4) is 5.75 Å². The molecule has 136 valence electrons. The van der Waals surface area contributed by atoms with Crippen LogP contribution in [0.25, 0.3) is 0 Å². The van der Waals surface area contributed by atoms with Crippen LogP contribution in [-0.2, 0) is 11.2 Å². The van der Waals surface area contributed by atoms with Gasteiger partial charge in [-0.25, -0.2) is 9.97 Å². The van der Waals surface area contributed by atoms with Crippen molar-refractivity contribution in [2.75, 3.05) is 13.7 Å². The number of carbonyl (C=O) groups is 2. The molecule has 0 spiro atoms. The molecule has 1 unspecified atom stereocenters. The average molecular weight is 354 g/mol. The minimum absolute atomic E-state index is 0.0397. The van der Waals surface area contributed by atoms with Crippen LogP contribution < -0.4 is 10.5 Å². The first kappa shape index (κ1) is 17.8. The molecule has 2 N–H and O–H groups in total. The van der Waals surface area contributed by atoms with Crippen LogP contribution >= 0.6 is 0 Å². The van der Waals surface area contributed by atoms with Gasteiger partial charge in [-0.05, 0) is 37.5 Å². The van der Waals surface area contributed by atoms with Gasteiger partial charge in [-0.1, -0.05) is 12.1 Å². The zero-order valence-electron chi connectivity index (χ0n) is 14.9.